The van der Waals surface area contributed by atoms with Gasteiger partial charge in [0.1, 0.15) is 12.5 Å². The molecule has 0 aliphatic heterocycles. The van der Waals surface area contributed by atoms with E-state index < -0.39 is 24.9 Å². The van der Waals surface area contributed by atoms with Gasteiger partial charge in [-0.05, 0) is 13.3 Å². The lowest BCUT2D eigenvalue weighted by Gasteiger charge is -2.09. The van der Waals surface area contributed by atoms with Gasteiger partial charge in [0.05, 0.1) is 13.2 Å². The molecule has 0 bridgehead atoms. The van der Waals surface area contributed by atoms with Crippen molar-refractivity contribution in [3.63, 3.8) is 0 Å². The van der Waals surface area contributed by atoms with Crippen molar-refractivity contribution in [2.24, 2.45) is 0 Å². The van der Waals surface area contributed by atoms with Gasteiger partial charge in [-0.15, -0.1) is 0 Å². The predicted octanol–water partition coefficient (Wildman–Crippen LogP) is 2.34. The van der Waals surface area contributed by atoms with E-state index >= 15 is 0 Å². The Morgan fingerprint density at radius 2 is 2.14 bits per heavy atom. The standard InChI is InChI=1S/C13H20F2N2O4/c1-3-5-9(13(18)20-4-2)12-16-11(17-21-12)6-7-19-8-10(14)15/h9-10H,3-8H2,1-2H3. The zero-order valence-electron chi connectivity index (χ0n) is 12.2. The summed E-state index contributed by atoms with van der Waals surface area (Å²) in [6.45, 7) is 3.39. The van der Waals surface area contributed by atoms with Crippen LogP contribution in [0.2, 0.25) is 0 Å². The summed E-state index contributed by atoms with van der Waals surface area (Å²) in [5.74, 6) is -0.467. The number of hydrogen-bond donors (Lipinski definition) is 0. The average Bonchev–Trinajstić information content (AvgIpc) is 2.89. The maximum Gasteiger partial charge on any atom is 0.318 e. The molecule has 1 unspecified atom stereocenters. The SMILES string of the molecule is CCCC(C(=O)OCC)c1nc(CCOCC(F)F)no1. The normalized spacial score (nSPS) is 12.6. The number of carbonyl (C=O) groups is 1. The van der Waals surface area contributed by atoms with Crippen molar-refractivity contribution in [3.8, 4) is 0 Å². The lowest BCUT2D eigenvalue weighted by Crippen LogP contribution is -2.16. The van der Waals surface area contributed by atoms with Gasteiger partial charge in [0.25, 0.3) is 6.43 Å². The molecule has 0 aromatic carbocycles. The molecule has 1 aromatic heterocycles. The highest BCUT2D eigenvalue weighted by atomic mass is 19.3. The Morgan fingerprint density at radius 3 is 2.76 bits per heavy atom. The van der Waals surface area contributed by atoms with Gasteiger partial charge in [-0.25, -0.2) is 8.78 Å². The second-order valence-corrected chi connectivity index (χ2v) is 4.36. The topological polar surface area (TPSA) is 74.5 Å². The number of aromatic nitrogens is 2. The summed E-state index contributed by atoms with van der Waals surface area (Å²) < 4.78 is 38.5. The molecule has 1 rings (SSSR count). The number of esters is 1. The van der Waals surface area contributed by atoms with Crippen LogP contribution in [0.25, 0.3) is 0 Å². The summed E-state index contributed by atoms with van der Waals surface area (Å²) in [7, 11) is 0. The molecule has 0 fully saturated rings. The van der Waals surface area contributed by atoms with E-state index in [1.807, 2.05) is 6.92 Å². The summed E-state index contributed by atoms with van der Waals surface area (Å²) in [4.78, 5) is 15.9. The average molecular weight is 306 g/mol. The van der Waals surface area contributed by atoms with E-state index in [1.165, 1.54) is 0 Å². The minimum absolute atomic E-state index is 0.0706. The van der Waals surface area contributed by atoms with Gasteiger partial charge in [0.2, 0.25) is 5.89 Å². The number of hydrogen-bond acceptors (Lipinski definition) is 6. The van der Waals surface area contributed by atoms with Gasteiger partial charge >= 0.3 is 5.97 Å². The number of rotatable bonds is 10. The summed E-state index contributed by atoms with van der Waals surface area (Å²) in [5, 5.41) is 3.72. The second kappa shape index (κ2) is 9.38. The Morgan fingerprint density at radius 1 is 1.38 bits per heavy atom. The number of carbonyl (C=O) groups excluding carboxylic acids is 1. The second-order valence-electron chi connectivity index (χ2n) is 4.36. The van der Waals surface area contributed by atoms with Crippen molar-refractivity contribution in [1.82, 2.24) is 10.1 Å². The van der Waals surface area contributed by atoms with Crippen molar-refractivity contribution < 1.29 is 27.6 Å². The van der Waals surface area contributed by atoms with Crippen molar-refractivity contribution in [1.29, 1.82) is 0 Å². The molecule has 0 aliphatic carbocycles. The van der Waals surface area contributed by atoms with E-state index in [1.54, 1.807) is 6.92 Å². The van der Waals surface area contributed by atoms with Gasteiger partial charge in [0, 0.05) is 6.42 Å². The number of nitrogens with zero attached hydrogens (tertiary/aromatic N) is 2. The molecule has 1 aromatic rings. The van der Waals surface area contributed by atoms with E-state index in [0.29, 0.717) is 12.2 Å². The molecule has 6 nitrogen and oxygen atoms in total. The third-order valence-corrected chi connectivity index (χ3v) is 2.64. The van der Waals surface area contributed by atoms with Crippen LogP contribution in [-0.4, -0.2) is 42.4 Å². The molecule has 1 heterocycles. The zero-order chi connectivity index (χ0) is 15.7. The smallest absolute Gasteiger partial charge is 0.318 e. The zero-order valence-corrected chi connectivity index (χ0v) is 12.2. The molecular weight excluding hydrogens is 286 g/mol. The molecule has 1 atom stereocenters. The Labute approximate surface area is 121 Å². The Kier molecular flexibility index (Phi) is 7.81. The Balaban J connectivity index is 2.55. The summed E-state index contributed by atoms with van der Waals surface area (Å²) in [6, 6.07) is 0. The fourth-order valence-electron chi connectivity index (χ4n) is 1.72. The van der Waals surface area contributed by atoms with Crippen molar-refractivity contribution in [2.45, 2.75) is 45.5 Å². The third kappa shape index (κ3) is 6.16. The van der Waals surface area contributed by atoms with Crippen LogP contribution >= 0.6 is 0 Å². The maximum atomic E-state index is 11.9. The predicted molar refractivity (Wildman–Crippen MR) is 69.1 cm³/mol. The van der Waals surface area contributed by atoms with Gasteiger partial charge in [-0.1, -0.05) is 18.5 Å². The van der Waals surface area contributed by atoms with Gasteiger partial charge in [-0.3, -0.25) is 4.79 Å². The molecule has 8 heteroatoms. The lowest BCUT2D eigenvalue weighted by molar-refractivity contribution is -0.145. The molecule has 0 saturated carbocycles. The van der Waals surface area contributed by atoms with Crippen LogP contribution in [0.1, 0.15) is 44.3 Å². The highest BCUT2D eigenvalue weighted by Gasteiger charge is 2.27. The molecule has 0 aliphatic rings. The van der Waals surface area contributed by atoms with Crippen LogP contribution in [0, 0.1) is 0 Å². The first-order chi connectivity index (χ1) is 10.1. The Hall–Kier alpha value is -1.57. The minimum atomic E-state index is -2.50. The van der Waals surface area contributed by atoms with Crippen LogP contribution < -0.4 is 0 Å². The minimum Gasteiger partial charge on any atom is -0.465 e. The lowest BCUT2D eigenvalue weighted by atomic mass is 10.0. The fraction of sp³-hybridized carbons (Fsp3) is 0.769. The van der Waals surface area contributed by atoms with Gasteiger partial charge in [0.15, 0.2) is 5.82 Å². The van der Waals surface area contributed by atoms with Crippen LogP contribution in [0.4, 0.5) is 8.78 Å². The van der Waals surface area contributed by atoms with E-state index in [2.05, 4.69) is 10.1 Å². The summed E-state index contributed by atoms with van der Waals surface area (Å²) in [6.07, 6.45) is -0.942. The molecule has 0 N–H and O–H groups in total. The van der Waals surface area contributed by atoms with Crippen LogP contribution in [-0.2, 0) is 20.7 Å². The van der Waals surface area contributed by atoms with Crippen molar-refractivity contribution in [3.05, 3.63) is 11.7 Å². The first-order valence-corrected chi connectivity index (χ1v) is 6.93. The van der Waals surface area contributed by atoms with Gasteiger partial charge < -0.3 is 14.0 Å². The highest BCUT2D eigenvalue weighted by molar-refractivity contribution is 5.76. The molecule has 0 radical (unpaired) electrons. The molecular formula is C13H20F2N2O4. The number of alkyl halides is 2. The third-order valence-electron chi connectivity index (χ3n) is 2.64. The van der Waals surface area contributed by atoms with E-state index in [-0.39, 0.29) is 25.5 Å². The Bertz CT molecular complexity index is 426. The monoisotopic (exact) mass is 306 g/mol. The molecule has 0 saturated heterocycles. The van der Waals surface area contributed by atoms with Crippen molar-refractivity contribution >= 4 is 5.97 Å². The van der Waals surface area contributed by atoms with Crippen LogP contribution in [0.15, 0.2) is 4.52 Å². The van der Waals surface area contributed by atoms with Crippen LogP contribution in [0.3, 0.4) is 0 Å². The van der Waals surface area contributed by atoms with E-state index in [9.17, 15) is 13.6 Å². The quantitative estimate of drug-likeness (QED) is 0.488. The first-order valence-electron chi connectivity index (χ1n) is 6.93. The highest BCUT2D eigenvalue weighted by Crippen LogP contribution is 2.21. The number of ether oxygens (including phenoxy) is 2. The summed E-state index contributed by atoms with van der Waals surface area (Å²) >= 11 is 0. The summed E-state index contributed by atoms with van der Waals surface area (Å²) in [5.41, 5.74) is 0. The maximum absolute atomic E-state index is 11.9. The van der Waals surface area contributed by atoms with E-state index in [0.717, 1.165) is 6.42 Å². The van der Waals surface area contributed by atoms with Crippen LogP contribution in [0.5, 0.6) is 0 Å². The number of halogens is 2. The van der Waals surface area contributed by atoms with Crippen molar-refractivity contribution in [2.75, 3.05) is 19.8 Å². The molecule has 120 valence electrons. The van der Waals surface area contributed by atoms with Gasteiger partial charge in [-0.2, -0.15) is 4.98 Å². The molecule has 21 heavy (non-hydrogen) atoms. The fourth-order valence-corrected chi connectivity index (χ4v) is 1.72. The first kappa shape index (κ1) is 17.5. The molecule has 0 amide bonds. The molecule has 0 spiro atoms. The van der Waals surface area contributed by atoms with E-state index in [4.69, 9.17) is 14.0 Å². The largest absolute Gasteiger partial charge is 0.465 e.